The minimum Gasteiger partial charge on any atom is -0.493 e. The van der Waals surface area contributed by atoms with Crippen molar-refractivity contribution in [3.05, 3.63) is 75.2 Å². The first-order valence-electron chi connectivity index (χ1n) is 10.0. The normalized spacial score (nSPS) is 12.5. The van der Waals surface area contributed by atoms with Crippen molar-refractivity contribution in [1.82, 2.24) is 19.9 Å². The second-order valence-corrected chi connectivity index (χ2v) is 7.77. The van der Waals surface area contributed by atoms with Gasteiger partial charge in [-0.3, -0.25) is 14.8 Å². The van der Waals surface area contributed by atoms with Crippen LogP contribution in [0.2, 0.25) is 5.02 Å². The zero-order chi connectivity index (χ0) is 22.8. The van der Waals surface area contributed by atoms with Gasteiger partial charge in [0.05, 0.1) is 65.3 Å². The highest BCUT2D eigenvalue weighted by Crippen LogP contribution is 2.37. The molecule has 0 bridgehead atoms. The summed E-state index contributed by atoms with van der Waals surface area (Å²) in [6, 6.07) is 7.20. The van der Waals surface area contributed by atoms with Crippen LogP contribution in [0.5, 0.6) is 5.75 Å². The van der Waals surface area contributed by atoms with E-state index in [0.717, 1.165) is 0 Å². The van der Waals surface area contributed by atoms with Crippen molar-refractivity contribution < 1.29 is 9.53 Å². The van der Waals surface area contributed by atoms with Crippen LogP contribution in [0, 0.1) is 6.57 Å². The summed E-state index contributed by atoms with van der Waals surface area (Å²) in [7, 11) is 3.28. The minimum absolute atomic E-state index is 0.107. The van der Waals surface area contributed by atoms with Crippen molar-refractivity contribution in [1.29, 1.82) is 0 Å². The van der Waals surface area contributed by atoms with Gasteiger partial charge in [0, 0.05) is 7.05 Å². The van der Waals surface area contributed by atoms with Crippen molar-refractivity contribution in [3.8, 4) is 5.75 Å². The zero-order valence-corrected chi connectivity index (χ0v) is 18.7. The topological polar surface area (TPSA) is 84.6 Å². The predicted molar refractivity (Wildman–Crippen MR) is 122 cm³/mol. The van der Waals surface area contributed by atoms with Crippen LogP contribution in [-0.4, -0.2) is 39.9 Å². The van der Waals surface area contributed by atoms with Crippen LogP contribution < -0.4 is 10.1 Å². The fourth-order valence-electron chi connectivity index (χ4n) is 3.69. The lowest BCUT2D eigenvalue weighted by Crippen LogP contribution is -2.18. The maximum absolute atomic E-state index is 12.8. The third kappa shape index (κ3) is 3.95. The summed E-state index contributed by atoms with van der Waals surface area (Å²) in [5, 5.41) is 3.76. The Bertz CT molecular complexity index is 1250. The van der Waals surface area contributed by atoms with Gasteiger partial charge in [-0.25, -0.2) is 0 Å². The summed E-state index contributed by atoms with van der Waals surface area (Å²) >= 11 is 6.26. The van der Waals surface area contributed by atoms with E-state index in [2.05, 4.69) is 20.1 Å². The summed E-state index contributed by atoms with van der Waals surface area (Å²) in [6.45, 7) is 9.71. The minimum atomic E-state index is -0.107. The van der Waals surface area contributed by atoms with Gasteiger partial charge in [-0.2, -0.15) is 0 Å². The van der Waals surface area contributed by atoms with Gasteiger partial charge in [-0.15, -0.1) is 4.98 Å². The third-order valence-corrected chi connectivity index (χ3v) is 5.51. The van der Waals surface area contributed by atoms with Gasteiger partial charge in [0.2, 0.25) is 0 Å². The second kappa shape index (κ2) is 8.81. The summed E-state index contributed by atoms with van der Waals surface area (Å²) in [4.78, 5) is 31.4. The molecule has 32 heavy (non-hydrogen) atoms. The molecular weight excluding hydrogens is 428 g/mol. The number of nitrogens with one attached hydrogen (secondary N) is 1. The lowest BCUT2D eigenvalue weighted by molar-refractivity contribution is 0.0817. The number of benzene rings is 1. The van der Waals surface area contributed by atoms with E-state index in [9.17, 15) is 4.79 Å². The van der Waals surface area contributed by atoms with Crippen LogP contribution in [0.4, 0.5) is 17.2 Å². The highest BCUT2D eigenvalue weighted by Gasteiger charge is 2.30. The maximum atomic E-state index is 12.8. The number of methoxy groups -OCH3 is 1. The number of pyridine rings is 1. The Labute approximate surface area is 191 Å². The number of anilines is 2. The zero-order valence-electron chi connectivity index (χ0n) is 17.9. The van der Waals surface area contributed by atoms with Crippen LogP contribution in [0.3, 0.4) is 0 Å². The number of hydrogen-bond donors (Lipinski definition) is 1. The molecule has 2 aromatic heterocycles. The molecule has 1 N–H and O–H groups in total. The van der Waals surface area contributed by atoms with Gasteiger partial charge in [-0.1, -0.05) is 31.2 Å². The van der Waals surface area contributed by atoms with Crippen molar-refractivity contribution in [3.63, 3.8) is 0 Å². The van der Waals surface area contributed by atoms with E-state index < -0.39 is 0 Å². The summed E-state index contributed by atoms with van der Waals surface area (Å²) in [5.74, 6) is 0.691. The highest BCUT2D eigenvalue weighted by molar-refractivity contribution is 6.32. The molecule has 0 atom stereocenters. The fraction of sp³-hybridized carbons (Fsp3) is 0.261. The van der Waals surface area contributed by atoms with Crippen LogP contribution >= 0.6 is 11.6 Å². The number of fused-ring (bicyclic) bond motifs is 1. The largest absolute Gasteiger partial charge is 0.493 e. The molecule has 0 saturated heterocycles. The Balaban J connectivity index is 1.76. The molecule has 4 rings (SSSR count). The quantitative estimate of drug-likeness (QED) is 0.556. The molecule has 8 nitrogen and oxygen atoms in total. The summed E-state index contributed by atoms with van der Waals surface area (Å²) in [6.07, 6.45) is 2.70. The Morgan fingerprint density at radius 3 is 2.81 bits per heavy atom. The standard InChI is InChI=1S/C23H21ClN6O2/c1-5-16-22(25-2)28-14(11-26-16)9-13-10-18(20-19(27-13)12-30(3)23(20)31)29-17-8-6-7-15(24)21(17)32-4/h6-8,10-11H,5,9,12H2,1,3-4H3,(H,27,29). The molecule has 0 saturated carbocycles. The van der Waals surface area contributed by atoms with Crippen LogP contribution in [0.25, 0.3) is 4.85 Å². The molecule has 3 heterocycles. The van der Waals surface area contributed by atoms with Crippen molar-refractivity contribution in [2.24, 2.45) is 0 Å². The molecule has 1 aliphatic heterocycles. The maximum Gasteiger partial charge on any atom is 0.291 e. The number of carbonyl (C=O) groups excluding carboxylic acids is 1. The Morgan fingerprint density at radius 2 is 2.09 bits per heavy atom. The Kier molecular flexibility index (Phi) is 5.93. The van der Waals surface area contributed by atoms with E-state index in [1.165, 1.54) is 0 Å². The fourth-order valence-corrected chi connectivity index (χ4v) is 3.95. The summed E-state index contributed by atoms with van der Waals surface area (Å²) in [5.41, 5.74) is 4.49. The first-order valence-corrected chi connectivity index (χ1v) is 10.4. The summed E-state index contributed by atoms with van der Waals surface area (Å²) < 4.78 is 5.44. The monoisotopic (exact) mass is 448 g/mol. The number of aromatic nitrogens is 3. The molecule has 0 unspecified atom stereocenters. The second-order valence-electron chi connectivity index (χ2n) is 7.36. The average Bonchev–Trinajstić information content (AvgIpc) is 3.07. The lowest BCUT2D eigenvalue weighted by atomic mass is 10.1. The third-order valence-electron chi connectivity index (χ3n) is 5.22. The number of nitrogens with zero attached hydrogens (tertiary/aromatic N) is 5. The number of aryl methyl sites for hydroxylation is 1. The van der Waals surface area contributed by atoms with Crippen molar-refractivity contribution in [2.75, 3.05) is 19.5 Å². The Morgan fingerprint density at radius 1 is 1.28 bits per heavy atom. The van der Waals surface area contributed by atoms with Gasteiger partial charge in [0.15, 0.2) is 11.4 Å². The van der Waals surface area contributed by atoms with Crippen LogP contribution in [0.1, 0.15) is 40.1 Å². The molecule has 3 aromatic rings. The van der Waals surface area contributed by atoms with E-state index in [1.807, 2.05) is 19.1 Å². The average molecular weight is 449 g/mol. The number of ether oxygens (including phenoxy) is 1. The smallest absolute Gasteiger partial charge is 0.291 e. The number of carbonyl (C=O) groups is 1. The van der Waals surface area contributed by atoms with Gasteiger partial charge in [-0.05, 0) is 24.6 Å². The van der Waals surface area contributed by atoms with Crippen LogP contribution in [-0.2, 0) is 19.4 Å². The first kappa shape index (κ1) is 21.5. The lowest BCUT2D eigenvalue weighted by Gasteiger charge is -2.15. The molecule has 162 valence electrons. The number of rotatable bonds is 6. The molecule has 1 aliphatic rings. The van der Waals surface area contributed by atoms with Crippen molar-refractivity contribution >= 4 is 34.7 Å². The molecule has 0 fully saturated rings. The van der Waals surface area contributed by atoms with Gasteiger partial charge < -0.3 is 19.8 Å². The Hall–Kier alpha value is -3.70. The molecule has 1 amide bonds. The highest BCUT2D eigenvalue weighted by atomic mass is 35.5. The predicted octanol–water partition coefficient (Wildman–Crippen LogP) is 4.57. The van der Waals surface area contributed by atoms with E-state index in [1.54, 1.807) is 37.4 Å². The van der Waals surface area contributed by atoms with Crippen LogP contribution in [0.15, 0.2) is 30.5 Å². The molecular formula is C23H21ClN6O2. The molecule has 0 spiro atoms. The van der Waals surface area contributed by atoms with Gasteiger partial charge in [0.25, 0.3) is 11.7 Å². The number of amides is 1. The number of para-hydroxylation sites is 1. The van der Waals surface area contributed by atoms with E-state index in [-0.39, 0.29) is 5.91 Å². The number of hydrogen-bond acceptors (Lipinski definition) is 6. The molecule has 9 heteroatoms. The number of halogens is 1. The molecule has 1 aromatic carbocycles. The van der Waals surface area contributed by atoms with Gasteiger partial charge >= 0.3 is 0 Å². The molecule has 0 aliphatic carbocycles. The SMILES string of the molecule is [C-]#[N+]c1nc(Cc2cc(Nc3cccc(Cl)c3OC)c3c(n2)CN(C)C3=O)cnc1CC. The van der Waals surface area contributed by atoms with E-state index >= 15 is 0 Å². The van der Waals surface area contributed by atoms with Crippen molar-refractivity contribution in [2.45, 2.75) is 26.3 Å². The van der Waals surface area contributed by atoms with E-state index in [0.29, 0.717) is 75.7 Å². The molecule has 0 radical (unpaired) electrons. The van der Waals surface area contributed by atoms with Gasteiger partial charge in [0.1, 0.15) is 0 Å². The first-order chi connectivity index (χ1) is 15.4. The van der Waals surface area contributed by atoms with E-state index in [4.69, 9.17) is 27.9 Å².